The van der Waals surface area contributed by atoms with Crippen LogP contribution in [0.3, 0.4) is 0 Å². The first-order chi connectivity index (χ1) is 10.8. The molecule has 23 heavy (non-hydrogen) atoms. The number of hydrogen-bond acceptors (Lipinski definition) is 2. The maximum absolute atomic E-state index is 12.8. The number of aryl methyl sites for hydroxylation is 2. The van der Waals surface area contributed by atoms with E-state index in [4.69, 9.17) is 0 Å². The smallest absolute Gasteiger partial charge is 0.267 e. The molecule has 3 rings (SSSR count). The van der Waals surface area contributed by atoms with Gasteiger partial charge in [-0.3, -0.25) is 8.89 Å². The number of halogens is 3. The third-order valence-electron chi connectivity index (χ3n) is 3.98. The van der Waals surface area contributed by atoms with E-state index in [1.807, 2.05) is 6.92 Å². The van der Waals surface area contributed by atoms with E-state index in [1.54, 1.807) is 18.2 Å². The molecule has 0 saturated heterocycles. The molecule has 3 nitrogen and oxygen atoms in total. The number of hydrogen-bond donors (Lipinski definition) is 0. The van der Waals surface area contributed by atoms with Crippen LogP contribution in [0.4, 0.5) is 13.2 Å². The molecule has 7 heteroatoms. The van der Waals surface area contributed by atoms with E-state index in [1.165, 1.54) is 11.7 Å². The predicted molar refractivity (Wildman–Crippen MR) is 82.4 cm³/mol. The maximum Gasteiger partial charge on any atom is 0.435 e. The number of nitrogens with zero attached hydrogens (tertiary/aromatic N) is 2. The second-order valence-electron chi connectivity index (χ2n) is 5.97. The van der Waals surface area contributed by atoms with E-state index in [9.17, 15) is 17.4 Å². The molecule has 1 aliphatic rings. The lowest BCUT2D eigenvalue weighted by molar-refractivity contribution is -0.141. The molecule has 1 unspecified atom stereocenters. The summed E-state index contributed by atoms with van der Waals surface area (Å²) in [5.74, 6) is 1.15. The first-order valence-corrected chi connectivity index (χ1v) is 8.68. The van der Waals surface area contributed by atoms with Gasteiger partial charge in [-0.05, 0) is 43.4 Å². The molecule has 1 heterocycles. The zero-order valence-corrected chi connectivity index (χ0v) is 13.7. The fourth-order valence-electron chi connectivity index (χ4n) is 2.47. The summed E-state index contributed by atoms with van der Waals surface area (Å²) in [7, 11) is 0.362. The summed E-state index contributed by atoms with van der Waals surface area (Å²) in [6.07, 6.45) is -2.25. The van der Waals surface area contributed by atoms with Crippen LogP contribution < -0.4 is 0 Å². The Morgan fingerprint density at radius 3 is 2.57 bits per heavy atom. The molecule has 1 saturated carbocycles. The number of benzene rings is 1. The van der Waals surface area contributed by atoms with Crippen molar-refractivity contribution in [2.45, 2.75) is 30.8 Å². The summed E-state index contributed by atoms with van der Waals surface area (Å²) < 4.78 is 52.1. The van der Waals surface area contributed by atoms with Crippen LogP contribution in [-0.2, 0) is 24.0 Å². The minimum absolute atomic E-state index is 0.363. The summed E-state index contributed by atoms with van der Waals surface area (Å²) in [5, 5.41) is 3.53. The van der Waals surface area contributed by atoms with Crippen LogP contribution in [-0.4, -0.2) is 19.7 Å². The van der Waals surface area contributed by atoms with Gasteiger partial charge in [-0.25, -0.2) is 0 Å². The molecule has 1 aliphatic carbocycles. The topological polar surface area (TPSA) is 34.9 Å². The molecule has 1 atom stereocenters. The minimum atomic E-state index is -4.47. The molecule has 0 spiro atoms. The molecule has 1 aromatic carbocycles. The van der Waals surface area contributed by atoms with Crippen molar-refractivity contribution in [3.63, 3.8) is 0 Å². The van der Waals surface area contributed by atoms with Crippen LogP contribution in [0.15, 0.2) is 29.2 Å². The molecule has 0 aliphatic heterocycles. The molecule has 124 valence electrons. The largest absolute Gasteiger partial charge is 0.435 e. The van der Waals surface area contributed by atoms with E-state index in [0.29, 0.717) is 27.8 Å². The maximum atomic E-state index is 12.8. The first kappa shape index (κ1) is 16.2. The second kappa shape index (κ2) is 5.78. The second-order valence-corrected chi connectivity index (χ2v) is 7.44. The zero-order chi connectivity index (χ0) is 16.8. The van der Waals surface area contributed by atoms with Gasteiger partial charge < -0.3 is 0 Å². The van der Waals surface area contributed by atoms with Gasteiger partial charge in [0.2, 0.25) is 0 Å². The van der Waals surface area contributed by atoms with Gasteiger partial charge in [0.15, 0.2) is 5.69 Å². The van der Waals surface area contributed by atoms with Gasteiger partial charge in [-0.1, -0.05) is 12.1 Å². The number of aromatic nitrogens is 2. The number of rotatable bonds is 4. The Morgan fingerprint density at radius 2 is 2.00 bits per heavy atom. The lowest BCUT2D eigenvalue weighted by Gasteiger charge is -2.09. The lowest BCUT2D eigenvalue weighted by atomic mass is 10.1. The van der Waals surface area contributed by atoms with Gasteiger partial charge in [-0.15, -0.1) is 0 Å². The summed E-state index contributed by atoms with van der Waals surface area (Å²) in [4.78, 5) is 0.698. The normalized spacial score (nSPS) is 16.6. The fourth-order valence-corrected chi connectivity index (χ4v) is 4.10. The molecular formula is C16H17F3N2OS. The summed E-state index contributed by atoms with van der Waals surface area (Å²) in [5.41, 5.74) is 0.935. The molecule has 0 amide bonds. The van der Waals surface area contributed by atoms with E-state index in [2.05, 4.69) is 5.10 Å². The average molecular weight is 342 g/mol. The molecule has 1 fully saturated rings. The highest BCUT2D eigenvalue weighted by Crippen LogP contribution is 2.34. The Balaban J connectivity index is 1.97. The quantitative estimate of drug-likeness (QED) is 0.844. The van der Waals surface area contributed by atoms with Crippen LogP contribution in [0.1, 0.15) is 24.1 Å². The first-order valence-electron chi connectivity index (χ1n) is 7.36. The minimum Gasteiger partial charge on any atom is -0.267 e. The van der Waals surface area contributed by atoms with Crippen molar-refractivity contribution in [3.8, 4) is 11.3 Å². The molecule has 1 aromatic heterocycles. The zero-order valence-electron chi connectivity index (χ0n) is 12.9. The van der Waals surface area contributed by atoms with Crippen LogP contribution in [0, 0.1) is 12.8 Å². The van der Waals surface area contributed by atoms with Crippen molar-refractivity contribution in [2.75, 3.05) is 5.75 Å². The van der Waals surface area contributed by atoms with Crippen molar-refractivity contribution in [2.24, 2.45) is 13.0 Å². The highest BCUT2D eigenvalue weighted by atomic mass is 32.2. The molecule has 0 bridgehead atoms. The van der Waals surface area contributed by atoms with E-state index in [-0.39, 0.29) is 0 Å². The van der Waals surface area contributed by atoms with E-state index >= 15 is 0 Å². The summed E-state index contributed by atoms with van der Waals surface area (Å²) in [6, 6.07) is 6.29. The van der Waals surface area contributed by atoms with Crippen molar-refractivity contribution < 1.29 is 17.4 Å². The van der Waals surface area contributed by atoms with Gasteiger partial charge in [0.25, 0.3) is 0 Å². The molecule has 0 N–H and O–H groups in total. The fraction of sp³-hybridized carbons (Fsp3) is 0.438. The third-order valence-corrected chi connectivity index (χ3v) is 5.69. The number of alkyl halides is 3. The Bertz CT molecular complexity index is 763. The average Bonchev–Trinajstić information content (AvgIpc) is 3.18. The van der Waals surface area contributed by atoms with Crippen molar-refractivity contribution >= 4 is 10.8 Å². The van der Waals surface area contributed by atoms with Crippen LogP contribution in [0.5, 0.6) is 0 Å². The van der Waals surface area contributed by atoms with Crippen molar-refractivity contribution in [3.05, 3.63) is 35.5 Å². The molecule has 2 aromatic rings. The van der Waals surface area contributed by atoms with Crippen molar-refractivity contribution in [1.29, 1.82) is 0 Å². The van der Waals surface area contributed by atoms with Crippen LogP contribution in [0.25, 0.3) is 11.3 Å². The third kappa shape index (κ3) is 3.49. The standard InChI is InChI=1S/C16H17F3N2OS/c1-10-3-6-12(7-14(10)23(22)9-11-4-5-11)13-8-15(16(17,18)19)20-21(13)2/h3,6-8,11H,4-5,9H2,1-2H3. The van der Waals surface area contributed by atoms with Gasteiger partial charge >= 0.3 is 6.18 Å². The van der Waals surface area contributed by atoms with E-state index < -0.39 is 22.7 Å². The van der Waals surface area contributed by atoms with Crippen LogP contribution in [0.2, 0.25) is 0 Å². The van der Waals surface area contributed by atoms with E-state index in [0.717, 1.165) is 24.5 Å². The van der Waals surface area contributed by atoms with Gasteiger partial charge in [0.05, 0.1) is 16.5 Å². The van der Waals surface area contributed by atoms with Gasteiger partial charge in [-0.2, -0.15) is 18.3 Å². The molecular weight excluding hydrogens is 325 g/mol. The van der Waals surface area contributed by atoms with Crippen molar-refractivity contribution in [1.82, 2.24) is 9.78 Å². The monoisotopic (exact) mass is 342 g/mol. The SMILES string of the molecule is Cc1ccc(-c2cc(C(F)(F)F)nn2C)cc1S(=O)CC1CC1. The predicted octanol–water partition coefficient (Wildman–Crippen LogP) is 3.93. The van der Waals surface area contributed by atoms with Gasteiger partial charge in [0.1, 0.15) is 0 Å². The Hall–Kier alpha value is -1.63. The summed E-state index contributed by atoms with van der Waals surface area (Å²) in [6.45, 7) is 1.87. The molecule has 0 radical (unpaired) electrons. The summed E-state index contributed by atoms with van der Waals surface area (Å²) >= 11 is 0. The Labute approximate surface area is 135 Å². The van der Waals surface area contributed by atoms with Gasteiger partial charge in [0, 0.05) is 23.3 Å². The highest BCUT2D eigenvalue weighted by Gasteiger charge is 2.34. The Morgan fingerprint density at radius 1 is 1.30 bits per heavy atom. The van der Waals surface area contributed by atoms with Crippen LogP contribution >= 0.6 is 0 Å². The highest BCUT2D eigenvalue weighted by molar-refractivity contribution is 7.85. The Kier molecular flexibility index (Phi) is 4.08. The lowest BCUT2D eigenvalue weighted by Crippen LogP contribution is -2.06.